The fourth-order valence-electron chi connectivity index (χ4n) is 2.87. The summed E-state index contributed by atoms with van der Waals surface area (Å²) >= 11 is 5.98. The number of anilines is 1. The first-order chi connectivity index (χ1) is 11.1. The first-order valence-corrected chi connectivity index (χ1v) is 7.35. The molecule has 0 aliphatic carbocycles. The number of nitrogen functional groups attached to an aromatic ring is 1. The van der Waals surface area contributed by atoms with Crippen molar-refractivity contribution in [2.24, 2.45) is 0 Å². The summed E-state index contributed by atoms with van der Waals surface area (Å²) in [6.45, 7) is 1.93. The molecule has 6 nitrogen and oxygen atoms in total. The molecule has 0 aliphatic rings. The maximum atomic E-state index is 12.2. The van der Waals surface area contributed by atoms with Crippen LogP contribution in [0.1, 0.15) is 5.69 Å². The minimum Gasteiger partial charge on any atom is -0.394 e. The van der Waals surface area contributed by atoms with Gasteiger partial charge in [-0.25, -0.2) is 0 Å². The molecule has 0 radical (unpaired) electrons. The number of nitrogens with zero attached hydrogens (tertiary/aromatic N) is 2. The van der Waals surface area contributed by atoms with E-state index in [1.807, 2.05) is 25.1 Å². The lowest BCUT2D eigenvalue weighted by Gasteiger charge is -2.10. The number of aryl methyl sites for hydroxylation is 1. The van der Waals surface area contributed by atoms with Gasteiger partial charge in [-0.1, -0.05) is 23.7 Å². The summed E-state index contributed by atoms with van der Waals surface area (Å²) in [6, 6.07) is 7.35. The molecule has 23 heavy (non-hydrogen) atoms. The number of benzene rings is 1. The number of aromatic amines is 2. The highest BCUT2D eigenvalue weighted by molar-refractivity contribution is 6.31. The van der Waals surface area contributed by atoms with E-state index in [-0.39, 0.29) is 11.2 Å². The van der Waals surface area contributed by atoms with Crippen molar-refractivity contribution in [2.45, 2.75) is 6.92 Å². The predicted molar refractivity (Wildman–Crippen MR) is 91.6 cm³/mol. The monoisotopic (exact) mass is 325 g/mol. The van der Waals surface area contributed by atoms with Crippen LogP contribution in [-0.4, -0.2) is 20.2 Å². The van der Waals surface area contributed by atoms with Crippen LogP contribution in [-0.2, 0) is 0 Å². The molecule has 4 N–H and O–H groups in total. The molecule has 0 amide bonds. The van der Waals surface area contributed by atoms with Crippen LogP contribution < -0.4 is 11.3 Å². The number of rotatable bonds is 1. The quantitative estimate of drug-likeness (QED) is 0.500. The molecular weight excluding hydrogens is 314 g/mol. The van der Waals surface area contributed by atoms with E-state index in [0.717, 1.165) is 22.2 Å². The van der Waals surface area contributed by atoms with Crippen molar-refractivity contribution in [3.8, 4) is 11.1 Å². The summed E-state index contributed by atoms with van der Waals surface area (Å²) in [6.07, 6.45) is 1.54. The molecule has 114 valence electrons. The Labute approximate surface area is 135 Å². The molecule has 4 rings (SSSR count). The zero-order chi connectivity index (χ0) is 16.1. The van der Waals surface area contributed by atoms with Crippen molar-refractivity contribution >= 4 is 39.2 Å². The Morgan fingerprint density at radius 1 is 1.30 bits per heavy atom. The number of nitrogens with one attached hydrogen (secondary N) is 2. The van der Waals surface area contributed by atoms with Crippen LogP contribution in [0.5, 0.6) is 0 Å². The number of aromatic nitrogens is 4. The zero-order valence-electron chi connectivity index (χ0n) is 12.1. The van der Waals surface area contributed by atoms with Gasteiger partial charge in [0.25, 0.3) is 5.56 Å². The second-order valence-electron chi connectivity index (χ2n) is 5.34. The van der Waals surface area contributed by atoms with Gasteiger partial charge < -0.3 is 10.7 Å². The molecule has 0 spiro atoms. The topological polar surface area (TPSA) is 100 Å². The SMILES string of the molecule is Cc1[nH]nc2cccc(-c3c(N)c(=O)[nH]c4cc(Cl)cnc34)c12. The molecule has 0 atom stereocenters. The first-order valence-electron chi connectivity index (χ1n) is 6.97. The van der Waals surface area contributed by atoms with E-state index in [9.17, 15) is 4.79 Å². The Morgan fingerprint density at radius 2 is 2.13 bits per heavy atom. The first kappa shape index (κ1) is 13.8. The Hall–Kier alpha value is -2.86. The molecule has 1 aromatic carbocycles. The van der Waals surface area contributed by atoms with Gasteiger partial charge in [-0.2, -0.15) is 5.10 Å². The summed E-state index contributed by atoms with van der Waals surface area (Å²) in [4.78, 5) is 19.3. The molecule has 0 saturated heterocycles. The van der Waals surface area contributed by atoms with Crippen molar-refractivity contribution in [3.05, 3.63) is 51.5 Å². The summed E-state index contributed by atoms with van der Waals surface area (Å²) in [7, 11) is 0. The Bertz CT molecular complexity index is 1130. The van der Waals surface area contributed by atoms with Gasteiger partial charge in [-0.3, -0.25) is 14.9 Å². The van der Waals surface area contributed by atoms with E-state index in [4.69, 9.17) is 17.3 Å². The number of nitrogens with two attached hydrogens (primary N) is 1. The summed E-state index contributed by atoms with van der Waals surface area (Å²) in [5, 5.41) is 8.58. The van der Waals surface area contributed by atoms with Gasteiger partial charge in [0.15, 0.2) is 0 Å². The number of halogens is 1. The maximum absolute atomic E-state index is 12.2. The van der Waals surface area contributed by atoms with E-state index in [2.05, 4.69) is 20.2 Å². The van der Waals surface area contributed by atoms with Crippen molar-refractivity contribution in [3.63, 3.8) is 0 Å². The Morgan fingerprint density at radius 3 is 2.96 bits per heavy atom. The highest BCUT2D eigenvalue weighted by atomic mass is 35.5. The van der Waals surface area contributed by atoms with Gasteiger partial charge in [0.1, 0.15) is 5.69 Å². The molecule has 0 aliphatic heterocycles. The third-order valence-corrected chi connectivity index (χ3v) is 4.09. The van der Waals surface area contributed by atoms with E-state index >= 15 is 0 Å². The highest BCUT2D eigenvalue weighted by Gasteiger charge is 2.17. The fraction of sp³-hybridized carbons (Fsp3) is 0.0625. The smallest absolute Gasteiger partial charge is 0.272 e. The van der Waals surface area contributed by atoms with Crippen LogP contribution in [0.4, 0.5) is 5.69 Å². The third kappa shape index (κ3) is 1.99. The number of fused-ring (bicyclic) bond motifs is 2. The average Bonchev–Trinajstić information content (AvgIpc) is 2.91. The number of hydrogen-bond donors (Lipinski definition) is 3. The van der Waals surface area contributed by atoms with Crippen molar-refractivity contribution < 1.29 is 0 Å². The number of pyridine rings is 2. The summed E-state index contributed by atoms with van der Waals surface area (Å²) in [5.41, 5.74) is 10.1. The molecule has 0 fully saturated rings. The van der Waals surface area contributed by atoms with Crippen LogP contribution in [0, 0.1) is 6.92 Å². The van der Waals surface area contributed by atoms with Crippen LogP contribution in [0.2, 0.25) is 5.02 Å². The minimum atomic E-state index is -0.366. The van der Waals surface area contributed by atoms with E-state index in [0.29, 0.717) is 21.6 Å². The van der Waals surface area contributed by atoms with Crippen LogP contribution in [0.3, 0.4) is 0 Å². The van der Waals surface area contributed by atoms with Gasteiger partial charge in [0, 0.05) is 22.8 Å². The molecule has 0 unspecified atom stereocenters. The van der Waals surface area contributed by atoms with Crippen LogP contribution >= 0.6 is 11.6 Å². The van der Waals surface area contributed by atoms with Gasteiger partial charge >= 0.3 is 0 Å². The van der Waals surface area contributed by atoms with Crippen molar-refractivity contribution in [1.82, 2.24) is 20.2 Å². The second kappa shape index (κ2) is 4.82. The highest BCUT2D eigenvalue weighted by Crippen LogP contribution is 2.36. The lowest BCUT2D eigenvalue weighted by molar-refractivity contribution is 1.07. The summed E-state index contributed by atoms with van der Waals surface area (Å²) in [5.74, 6) is 0. The van der Waals surface area contributed by atoms with Gasteiger partial charge in [0.2, 0.25) is 0 Å². The van der Waals surface area contributed by atoms with Gasteiger partial charge in [-0.15, -0.1) is 0 Å². The minimum absolute atomic E-state index is 0.125. The lowest BCUT2D eigenvalue weighted by atomic mass is 9.98. The molecule has 4 aromatic rings. The zero-order valence-corrected chi connectivity index (χ0v) is 12.9. The fourth-order valence-corrected chi connectivity index (χ4v) is 3.03. The Kier molecular flexibility index (Phi) is 2.89. The molecular formula is C16H12ClN5O. The maximum Gasteiger partial charge on any atom is 0.272 e. The molecule has 0 bridgehead atoms. The Balaban J connectivity index is 2.22. The molecule has 0 saturated carbocycles. The van der Waals surface area contributed by atoms with Gasteiger partial charge in [-0.05, 0) is 24.6 Å². The third-order valence-electron chi connectivity index (χ3n) is 3.88. The average molecular weight is 326 g/mol. The van der Waals surface area contributed by atoms with Crippen LogP contribution in [0.25, 0.3) is 33.1 Å². The van der Waals surface area contributed by atoms with E-state index in [1.165, 1.54) is 6.20 Å². The number of H-pyrrole nitrogens is 2. The largest absolute Gasteiger partial charge is 0.394 e. The lowest BCUT2D eigenvalue weighted by Crippen LogP contribution is -2.14. The van der Waals surface area contributed by atoms with Gasteiger partial charge in [0.05, 0.1) is 21.6 Å². The molecule has 3 heterocycles. The second-order valence-corrected chi connectivity index (χ2v) is 5.78. The normalized spacial score (nSPS) is 11.4. The van der Waals surface area contributed by atoms with Crippen molar-refractivity contribution in [1.29, 1.82) is 0 Å². The molecule has 3 aromatic heterocycles. The molecule has 7 heteroatoms. The standard InChI is InChI=1S/C16H12ClN5O/c1-7-12-9(3-2-4-10(12)22-21-7)13-14(18)16(23)20-11-5-8(17)6-19-15(11)13/h2-6H,18H2,1H3,(H,20,23)(H,21,22). The van der Waals surface area contributed by atoms with Crippen LogP contribution in [0.15, 0.2) is 35.3 Å². The van der Waals surface area contributed by atoms with Crippen molar-refractivity contribution in [2.75, 3.05) is 5.73 Å². The number of hydrogen-bond acceptors (Lipinski definition) is 4. The van der Waals surface area contributed by atoms with E-state index in [1.54, 1.807) is 6.07 Å². The summed E-state index contributed by atoms with van der Waals surface area (Å²) < 4.78 is 0. The predicted octanol–water partition coefficient (Wildman–Crippen LogP) is 3.01. The van der Waals surface area contributed by atoms with E-state index < -0.39 is 0 Å².